The molecule has 18 heavy (non-hydrogen) atoms. The van der Waals surface area contributed by atoms with E-state index in [4.69, 9.17) is 5.11 Å². The lowest BCUT2D eigenvalue weighted by molar-refractivity contribution is -0.153. The van der Waals surface area contributed by atoms with Crippen molar-refractivity contribution in [1.29, 1.82) is 0 Å². The van der Waals surface area contributed by atoms with Crippen LogP contribution in [-0.4, -0.2) is 32.4 Å². The molecule has 0 fully saturated rings. The second-order valence-electron chi connectivity index (χ2n) is 4.08. The molecular formula is C13H13NO4. The number of benzene rings is 1. The highest BCUT2D eigenvalue weighted by Gasteiger charge is 2.26. The minimum absolute atomic E-state index is 0.371. The van der Waals surface area contributed by atoms with E-state index in [0.717, 1.165) is 5.39 Å². The van der Waals surface area contributed by atoms with Crippen LogP contribution in [0, 0.1) is 6.92 Å². The molecule has 2 unspecified atom stereocenters. The summed E-state index contributed by atoms with van der Waals surface area (Å²) in [4.78, 5) is 14.9. The lowest BCUT2D eigenvalue weighted by Gasteiger charge is -2.17. The number of fused-ring (bicyclic) bond motifs is 1. The van der Waals surface area contributed by atoms with Crippen molar-refractivity contribution in [3.8, 4) is 0 Å². The van der Waals surface area contributed by atoms with E-state index < -0.39 is 18.2 Å². The molecule has 0 radical (unpaired) electrons. The molecule has 2 atom stereocenters. The summed E-state index contributed by atoms with van der Waals surface area (Å²) in [6.45, 7) is 1.74. The summed E-state index contributed by atoms with van der Waals surface area (Å²) in [6, 6.07) is 7.02. The van der Waals surface area contributed by atoms with Crippen LogP contribution >= 0.6 is 0 Å². The van der Waals surface area contributed by atoms with Crippen LogP contribution in [0.2, 0.25) is 0 Å². The van der Waals surface area contributed by atoms with Crippen molar-refractivity contribution in [3.05, 3.63) is 41.6 Å². The Labute approximate surface area is 103 Å². The van der Waals surface area contributed by atoms with Gasteiger partial charge in [-0.05, 0) is 24.1 Å². The van der Waals surface area contributed by atoms with Crippen LogP contribution in [0.1, 0.15) is 17.2 Å². The number of aromatic nitrogens is 1. The summed E-state index contributed by atoms with van der Waals surface area (Å²) < 4.78 is 0. The number of rotatable bonds is 3. The van der Waals surface area contributed by atoms with Crippen LogP contribution in [0.3, 0.4) is 0 Å². The Morgan fingerprint density at radius 1 is 1.28 bits per heavy atom. The number of pyridine rings is 1. The monoisotopic (exact) mass is 247 g/mol. The van der Waals surface area contributed by atoms with Crippen molar-refractivity contribution in [2.24, 2.45) is 0 Å². The Kier molecular flexibility index (Phi) is 3.27. The number of carbonyl (C=O) groups is 1. The largest absolute Gasteiger partial charge is 0.479 e. The van der Waals surface area contributed by atoms with Crippen LogP contribution in [0.25, 0.3) is 10.9 Å². The molecule has 94 valence electrons. The third-order valence-corrected chi connectivity index (χ3v) is 2.94. The van der Waals surface area contributed by atoms with Crippen molar-refractivity contribution >= 4 is 16.9 Å². The highest BCUT2D eigenvalue weighted by Crippen LogP contribution is 2.26. The molecule has 0 aliphatic carbocycles. The molecule has 0 aliphatic heterocycles. The molecular weight excluding hydrogens is 234 g/mol. The van der Waals surface area contributed by atoms with E-state index in [-0.39, 0.29) is 0 Å². The van der Waals surface area contributed by atoms with Crippen LogP contribution in [-0.2, 0) is 4.79 Å². The fraction of sp³-hybridized carbons (Fsp3) is 0.231. The van der Waals surface area contributed by atoms with Gasteiger partial charge in [-0.1, -0.05) is 18.2 Å². The number of aliphatic carboxylic acids is 1. The first-order chi connectivity index (χ1) is 8.52. The summed E-state index contributed by atoms with van der Waals surface area (Å²) in [5.74, 6) is -1.46. The molecule has 3 N–H and O–H groups in total. The highest BCUT2D eigenvalue weighted by molar-refractivity contribution is 5.83. The van der Waals surface area contributed by atoms with Gasteiger partial charge in [-0.2, -0.15) is 0 Å². The average molecular weight is 247 g/mol. The third kappa shape index (κ3) is 2.05. The summed E-state index contributed by atoms with van der Waals surface area (Å²) in [5, 5.41) is 28.8. The molecule has 2 rings (SSSR count). The Hall–Kier alpha value is -1.98. The van der Waals surface area contributed by atoms with Gasteiger partial charge in [0.15, 0.2) is 6.10 Å². The van der Waals surface area contributed by atoms with Gasteiger partial charge in [0.05, 0.1) is 5.52 Å². The number of carboxylic acid groups (broad SMARTS) is 1. The fourth-order valence-corrected chi connectivity index (χ4v) is 1.93. The van der Waals surface area contributed by atoms with Gasteiger partial charge in [-0.3, -0.25) is 4.98 Å². The average Bonchev–Trinajstić information content (AvgIpc) is 2.37. The lowest BCUT2D eigenvalue weighted by atomic mass is 9.97. The van der Waals surface area contributed by atoms with Crippen LogP contribution in [0.5, 0.6) is 0 Å². The highest BCUT2D eigenvalue weighted by atomic mass is 16.4. The Balaban J connectivity index is 2.52. The number of aliphatic hydroxyl groups excluding tert-OH is 2. The van der Waals surface area contributed by atoms with E-state index in [0.29, 0.717) is 16.6 Å². The lowest BCUT2D eigenvalue weighted by Crippen LogP contribution is -2.28. The summed E-state index contributed by atoms with van der Waals surface area (Å²) >= 11 is 0. The third-order valence-electron chi connectivity index (χ3n) is 2.94. The number of aliphatic hydroxyl groups is 2. The van der Waals surface area contributed by atoms with E-state index in [1.165, 1.54) is 0 Å². The molecule has 0 spiro atoms. The standard InChI is InChI=1S/C13H13NO4/c1-7-9(11(15)12(16)13(17)18)5-4-8-3-2-6-14-10(7)8/h2-6,11-12,15-16H,1H3,(H,17,18). The SMILES string of the molecule is Cc1c(C(O)C(O)C(=O)O)ccc2cccnc12. The van der Waals surface area contributed by atoms with E-state index in [2.05, 4.69) is 4.98 Å². The predicted molar refractivity (Wildman–Crippen MR) is 65.1 cm³/mol. The van der Waals surface area contributed by atoms with E-state index >= 15 is 0 Å². The van der Waals surface area contributed by atoms with Crippen LogP contribution in [0.4, 0.5) is 0 Å². The van der Waals surface area contributed by atoms with E-state index in [1.807, 2.05) is 6.07 Å². The Bertz CT molecular complexity index is 597. The quantitative estimate of drug-likeness (QED) is 0.753. The van der Waals surface area contributed by atoms with Gasteiger partial charge in [0.2, 0.25) is 0 Å². The molecule has 1 aromatic heterocycles. The number of hydrogen-bond donors (Lipinski definition) is 3. The zero-order valence-electron chi connectivity index (χ0n) is 9.74. The van der Waals surface area contributed by atoms with Crippen LogP contribution < -0.4 is 0 Å². The number of carboxylic acids is 1. The minimum atomic E-state index is -1.84. The van der Waals surface area contributed by atoms with Gasteiger partial charge in [0.25, 0.3) is 0 Å². The molecule has 1 aromatic carbocycles. The maximum Gasteiger partial charge on any atom is 0.335 e. The van der Waals surface area contributed by atoms with Gasteiger partial charge in [0, 0.05) is 11.6 Å². The topological polar surface area (TPSA) is 90.7 Å². The number of nitrogens with zero attached hydrogens (tertiary/aromatic N) is 1. The normalized spacial score (nSPS) is 14.4. The first kappa shape index (κ1) is 12.5. The summed E-state index contributed by atoms with van der Waals surface area (Å²) in [5.41, 5.74) is 1.73. The second kappa shape index (κ2) is 4.72. The molecule has 1 heterocycles. The fourth-order valence-electron chi connectivity index (χ4n) is 1.93. The molecule has 5 heteroatoms. The zero-order valence-corrected chi connectivity index (χ0v) is 9.74. The Morgan fingerprint density at radius 2 is 2.00 bits per heavy atom. The molecule has 0 saturated carbocycles. The molecule has 0 amide bonds. The molecule has 2 aromatic rings. The maximum atomic E-state index is 10.7. The molecule has 5 nitrogen and oxygen atoms in total. The van der Waals surface area contributed by atoms with Gasteiger partial charge >= 0.3 is 5.97 Å². The zero-order chi connectivity index (χ0) is 13.3. The molecule has 0 bridgehead atoms. The van der Waals surface area contributed by atoms with Crippen molar-refractivity contribution in [1.82, 2.24) is 4.98 Å². The summed E-state index contributed by atoms with van der Waals surface area (Å²) in [6.07, 6.45) is -1.68. The Morgan fingerprint density at radius 3 is 2.67 bits per heavy atom. The van der Waals surface area contributed by atoms with Crippen LogP contribution in [0.15, 0.2) is 30.5 Å². The van der Waals surface area contributed by atoms with Gasteiger partial charge in [-0.25, -0.2) is 4.79 Å². The molecule has 0 aliphatic rings. The van der Waals surface area contributed by atoms with Crippen molar-refractivity contribution in [2.45, 2.75) is 19.1 Å². The second-order valence-corrected chi connectivity index (χ2v) is 4.08. The van der Waals surface area contributed by atoms with Gasteiger partial charge < -0.3 is 15.3 Å². The van der Waals surface area contributed by atoms with Gasteiger partial charge in [0.1, 0.15) is 6.10 Å². The maximum absolute atomic E-state index is 10.7. The smallest absolute Gasteiger partial charge is 0.335 e. The number of hydrogen-bond acceptors (Lipinski definition) is 4. The summed E-state index contributed by atoms with van der Waals surface area (Å²) in [7, 11) is 0. The minimum Gasteiger partial charge on any atom is -0.479 e. The number of aryl methyl sites for hydroxylation is 1. The predicted octanol–water partition coefficient (Wildman–Crippen LogP) is 1.02. The van der Waals surface area contributed by atoms with E-state index in [1.54, 1.807) is 31.3 Å². The first-order valence-electron chi connectivity index (χ1n) is 5.45. The van der Waals surface area contributed by atoms with Crippen molar-refractivity contribution in [2.75, 3.05) is 0 Å². The van der Waals surface area contributed by atoms with E-state index in [9.17, 15) is 15.0 Å². The van der Waals surface area contributed by atoms with Gasteiger partial charge in [-0.15, -0.1) is 0 Å². The molecule has 0 saturated heterocycles. The van der Waals surface area contributed by atoms with Crippen molar-refractivity contribution in [3.63, 3.8) is 0 Å². The van der Waals surface area contributed by atoms with Crippen molar-refractivity contribution < 1.29 is 20.1 Å². The first-order valence-corrected chi connectivity index (χ1v) is 5.45.